The Hall–Kier alpha value is -3.92. The van der Waals surface area contributed by atoms with Crippen molar-refractivity contribution in [1.29, 1.82) is 5.26 Å². The number of hydrogen-bond acceptors (Lipinski definition) is 7. The fraction of sp³-hybridized carbons (Fsp3) is 0.448. The monoisotopic (exact) mass is 598 g/mol. The summed E-state index contributed by atoms with van der Waals surface area (Å²) in [7, 11) is -3.05. The molecule has 1 N–H and O–H groups in total. The molecule has 6 rings (SSSR count). The van der Waals surface area contributed by atoms with E-state index in [-0.39, 0.29) is 29.4 Å². The summed E-state index contributed by atoms with van der Waals surface area (Å²) in [5.41, 5.74) is 1.15. The first-order valence-electron chi connectivity index (χ1n) is 13.9. The van der Waals surface area contributed by atoms with E-state index in [9.17, 15) is 31.6 Å². The van der Waals surface area contributed by atoms with Crippen molar-refractivity contribution in [3.8, 4) is 23.0 Å². The number of carbonyl (C=O) groups excluding carboxylic acids is 1. The number of rotatable bonds is 6. The molecule has 1 aliphatic heterocycles. The number of carbonyl (C=O) groups is 1. The number of nitriles is 1. The number of halogens is 3. The Labute approximate surface area is 241 Å². The van der Waals surface area contributed by atoms with Crippen molar-refractivity contribution in [3.05, 3.63) is 60.3 Å². The molecule has 3 aromatic rings. The molecular formula is C29H29F3N6O3S. The first kappa shape index (κ1) is 28.2. The third kappa shape index (κ3) is 5.60. The second-order valence-corrected chi connectivity index (χ2v) is 13.7. The summed E-state index contributed by atoms with van der Waals surface area (Å²) in [5.74, 6) is -6.00. The van der Waals surface area contributed by atoms with E-state index in [0.717, 1.165) is 5.69 Å². The van der Waals surface area contributed by atoms with Crippen LogP contribution in [0.5, 0.6) is 0 Å². The highest BCUT2D eigenvalue weighted by atomic mass is 32.2. The highest BCUT2D eigenvalue weighted by molar-refractivity contribution is 7.91. The molecule has 9 nitrogen and oxygen atoms in total. The van der Waals surface area contributed by atoms with Gasteiger partial charge in [-0.25, -0.2) is 31.3 Å². The van der Waals surface area contributed by atoms with Gasteiger partial charge in [0.15, 0.2) is 21.5 Å². The lowest BCUT2D eigenvalue weighted by Gasteiger charge is -2.35. The zero-order chi connectivity index (χ0) is 29.7. The van der Waals surface area contributed by atoms with E-state index in [1.54, 1.807) is 12.1 Å². The van der Waals surface area contributed by atoms with Gasteiger partial charge in [0.1, 0.15) is 5.54 Å². The topological polar surface area (TPSA) is 121 Å². The van der Waals surface area contributed by atoms with Gasteiger partial charge >= 0.3 is 0 Å². The Balaban J connectivity index is 1.39. The van der Waals surface area contributed by atoms with Crippen LogP contribution in [0.2, 0.25) is 0 Å². The SMILES string of the molecule is N#CC1(NC(=O)C2CCC(F)(F)CC2c2nn(-c3ncccc3F)cc2-c2ccc(N3CCS(=O)(=O)CC3)cc2)CC1. The molecule has 2 unspecified atom stereocenters. The maximum Gasteiger partial charge on any atom is 0.248 e. The van der Waals surface area contributed by atoms with Gasteiger partial charge < -0.3 is 10.2 Å². The molecule has 1 saturated heterocycles. The van der Waals surface area contributed by atoms with E-state index in [4.69, 9.17) is 0 Å². The molecule has 2 saturated carbocycles. The van der Waals surface area contributed by atoms with Crippen LogP contribution in [0, 0.1) is 23.1 Å². The van der Waals surface area contributed by atoms with Crippen LogP contribution in [0.3, 0.4) is 0 Å². The van der Waals surface area contributed by atoms with Gasteiger partial charge in [0.05, 0.1) is 23.3 Å². The lowest BCUT2D eigenvalue weighted by Crippen LogP contribution is -2.45. The Morgan fingerprint density at radius 1 is 1.10 bits per heavy atom. The number of nitrogens with one attached hydrogen (secondary N) is 1. The van der Waals surface area contributed by atoms with Gasteiger partial charge in [-0.2, -0.15) is 10.4 Å². The molecule has 42 heavy (non-hydrogen) atoms. The van der Waals surface area contributed by atoms with Gasteiger partial charge in [-0.05, 0) is 49.1 Å². The molecular weight excluding hydrogens is 569 g/mol. The number of aromatic nitrogens is 3. The number of pyridine rings is 1. The summed E-state index contributed by atoms with van der Waals surface area (Å²) in [6.45, 7) is 0.726. The minimum atomic E-state index is -3.05. The van der Waals surface area contributed by atoms with Crippen LogP contribution in [-0.2, 0) is 14.6 Å². The van der Waals surface area contributed by atoms with E-state index in [1.165, 1.54) is 29.2 Å². The summed E-state index contributed by atoms with van der Waals surface area (Å²) in [6.07, 6.45) is 2.77. The lowest BCUT2D eigenvalue weighted by atomic mass is 9.74. The van der Waals surface area contributed by atoms with Gasteiger partial charge in [-0.15, -0.1) is 0 Å². The predicted octanol–water partition coefficient (Wildman–Crippen LogP) is 4.00. The summed E-state index contributed by atoms with van der Waals surface area (Å²) in [5, 5.41) is 16.8. The van der Waals surface area contributed by atoms with Crippen LogP contribution in [0.15, 0.2) is 48.8 Å². The zero-order valence-electron chi connectivity index (χ0n) is 22.6. The molecule has 2 aromatic heterocycles. The van der Waals surface area contributed by atoms with E-state index in [2.05, 4.69) is 21.5 Å². The molecule has 0 radical (unpaired) electrons. The lowest BCUT2D eigenvalue weighted by molar-refractivity contribution is -0.131. The van der Waals surface area contributed by atoms with Gasteiger partial charge in [0.25, 0.3) is 0 Å². The number of benzene rings is 1. The number of amides is 1. The highest BCUT2D eigenvalue weighted by Crippen LogP contribution is 2.48. The fourth-order valence-corrected chi connectivity index (χ4v) is 7.01. The molecule has 2 atom stereocenters. The Morgan fingerprint density at radius 2 is 1.81 bits per heavy atom. The molecule has 220 valence electrons. The summed E-state index contributed by atoms with van der Waals surface area (Å²) >= 11 is 0. The van der Waals surface area contributed by atoms with Crippen molar-refractivity contribution < 1.29 is 26.4 Å². The number of hydrogen-bond donors (Lipinski definition) is 1. The van der Waals surface area contributed by atoms with Crippen LogP contribution in [-0.4, -0.2) is 65.1 Å². The molecule has 2 aliphatic carbocycles. The van der Waals surface area contributed by atoms with Crippen molar-refractivity contribution in [2.75, 3.05) is 29.5 Å². The van der Waals surface area contributed by atoms with Crippen LogP contribution in [0.1, 0.15) is 43.7 Å². The number of sulfone groups is 1. The Morgan fingerprint density at radius 3 is 2.45 bits per heavy atom. The molecule has 0 spiro atoms. The van der Waals surface area contributed by atoms with Crippen molar-refractivity contribution in [2.24, 2.45) is 5.92 Å². The molecule has 3 heterocycles. The average molecular weight is 599 g/mol. The molecule has 3 aliphatic rings. The Kier molecular flexibility index (Phi) is 7.00. The van der Waals surface area contributed by atoms with Gasteiger partial charge in [0, 0.05) is 61.4 Å². The van der Waals surface area contributed by atoms with Crippen LogP contribution in [0.4, 0.5) is 18.9 Å². The first-order valence-corrected chi connectivity index (χ1v) is 15.7. The van der Waals surface area contributed by atoms with Crippen molar-refractivity contribution in [3.63, 3.8) is 0 Å². The molecule has 13 heteroatoms. The second kappa shape index (κ2) is 10.4. The third-order valence-corrected chi connectivity index (χ3v) is 10.0. The van der Waals surface area contributed by atoms with Crippen LogP contribution in [0.25, 0.3) is 16.9 Å². The first-order chi connectivity index (χ1) is 20.0. The quantitative estimate of drug-likeness (QED) is 0.455. The van der Waals surface area contributed by atoms with Gasteiger partial charge in [0.2, 0.25) is 11.8 Å². The average Bonchev–Trinajstić information content (AvgIpc) is 3.59. The normalized spacial score (nSPS) is 24.0. The van der Waals surface area contributed by atoms with Gasteiger partial charge in [-0.3, -0.25) is 4.79 Å². The zero-order valence-corrected chi connectivity index (χ0v) is 23.5. The van der Waals surface area contributed by atoms with Crippen molar-refractivity contribution in [2.45, 2.75) is 49.5 Å². The predicted molar refractivity (Wildman–Crippen MR) is 148 cm³/mol. The van der Waals surface area contributed by atoms with E-state index in [1.807, 2.05) is 17.0 Å². The number of nitrogens with zero attached hydrogens (tertiary/aromatic N) is 5. The van der Waals surface area contributed by atoms with Crippen molar-refractivity contribution in [1.82, 2.24) is 20.1 Å². The highest BCUT2D eigenvalue weighted by Gasteiger charge is 2.50. The molecule has 0 bridgehead atoms. The summed E-state index contributed by atoms with van der Waals surface area (Å²) in [6, 6.07) is 12.0. The number of anilines is 1. The van der Waals surface area contributed by atoms with E-state index in [0.29, 0.717) is 37.1 Å². The Bertz CT molecular complexity index is 1650. The smallest absolute Gasteiger partial charge is 0.248 e. The largest absolute Gasteiger partial charge is 0.369 e. The summed E-state index contributed by atoms with van der Waals surface area (Å²) < 4.78 is 69.4. The van der Waals surface area contributed by atoms with E-state index >= 15 is 0 Å². The number of alkyl halides is 2. The molecule has 1 aromatic carbocycles. The molecule has 3 fully saturated rings. The third-order valence-electron chi connectivity index (χ3n) is 8.43. The second-order valence-electron chi connectivity index (χ2n) is 11.4. The van der Waals surface area contributed by atoms with Gasteiger partial charge in [-0.1, -0.05) is 12.1 Å². The maximum absolute atomic E-state index is 14.9. The summed E-state index contributed by atoms with van der Waals surface area (Å²) in [4.78, 5) is 19.4. The standard InChI is InChI=1S/C29H29F3N6O3S/c30-24-2-1-11-34-26(24)38-17-23(19-3-5-20(6-4-19)37-12-14-42(40,41)15-13-37)25(36-38)22-16-29(31,32)8-7-21(22)27(39)35-28(18-33)9-10-28/h1-6,11,17,21-22H,7-10,12-16H2,(H,35,39). The van der Waals surface area contributed by atoms with Crippen LogP contribution < -0.4 is 10.2 Å². The van der Waals surface area contributed by atoms with Crippen LogP contribution >= 0.6 is 0 Å². The van der Waals surface area contributed by atoms with E-state index < -0.39 is 57.7 Å². The van der Waals surface area contributed by atoms with Crippen molar-refractivity contribution >= 4 is 21.4 Å². The minimum absolute atomic E-state index is 0.0632. The minimum Gasteiger partial charge on any atom is -0.369 e. The maximum atomic E-state index is 14.9. The molecule has 1 amide bonds. The fourth-order valence-electron chi connectivity index (χ4n) is 5.81.